The molecule has 2 aromatic rings. The van der Waals surface area contributed by atoms with Crippen LogP contribution >= 0.6 is 0 Å². The smallest absolute Gasteiger partial charge is 0.341 e. The summed E-state index contributed by atoms with van der Waals surface area (Å²) in [5.41, 5.74) is -1.39. The lowest BCUT2D eigenvalue weighted by molar-refractivity contribution is 0.0694. The highest BCUT2D eigenvalue weighted by atomic mass is 19.1. The van der Waals surface area contributed by atoms with E-state index >= 15 is 4.39 Å². The van der Waals surface area contributed by atoms with Gasteiger partial charge in [0.25, 0.3) is 0 Å². The number of nitrogens with zero attached hydrogens (tertiary/aromatic N) is 3. The van der Waals surface area contributed by atoms with Gasteiger partial charge in [0.1, 0.15) is 17.1 Å². The summed E-state index contributed by atoms with van der Waals surface area (Å²) in [6.07, 6.45) is 6.33. The molecular weight excluding hydrogens is 380 g/mol. The second-order valence-corrected chi connectivity index (χ2v) is 8.39. The molecule has 1 aromatic heterocycles. The Morgan fingerprint density at radius 1 is 1.07 bits per heavy atom. The lowest BCUT2D eigenvalue weighted by atomic mass is 10.0. The quantitative estimate of drug-likeness (QED) is 0.850. The third-order valence-electron chi connectivity index (χ3n) is 6.44. The molecule has 29 heavy (non-hydrogen) atoms. The SMILES string of the molecule is O=C(O)c1cn(C2CC2)c2c(F)c(N3CC(N4CCCCC4)C3)c(F)cc2c1=O. The van der Waals surface area contributed by atoms with Crippen LogP contribution in [0.15, 0.2) is 17.1 Å². The molecule has 0 amide bonds. The first-order valence-electron chi connectivity index (χ1n) is 10.2. The molecule has 1 aromatic carbocycles. The van der Waals surface area contributed by atoms with Crippen molar-refractivity contribution in [1.82, 2.24) is 9.47 Å². The van der Waals surface area contributed by atoms with Gasteiger partial charge in [-0.2, -0.15) is 0 Å². The maximum absolute atomic E-state index is 15.5. The van der Waals surface area contributed by atoms with Gasteiger partial charge in [0, 0.05) is 31.4 Å². The number of benzene rings is 1. The number of aromatic nitrogens is 1. The average molecular weight is 403 g/mol. The number of carboxylic acids is 1. The molecule has 154 valence electrons. The van der Waals surface area contributed by atoms with E-state index in [4.69, 9.17) is 0 Å². The fraction of sp³-hybridized carbons (Fsp3) is 0.524. The Hall–Kier alpha value is -2.48. The number of fused-ring (bicyclic) bond motifs is 1. The van der Waals surface area contributed by atoms with Gasteiger partial charge in [-0.05, 0) is 44.8 Å². The second kappa shape index (κ2) is 6.79. The van der Waals surface area contributed by atoms with Crippen molar-refractivity contribution in [2.24, 2.45) is 0 Å². The molecule has 1 aliphatic carbocycles. The van der Waals surface area contributed by atoms with Crippen LogP contribution in [0.2, 0.25) is 0 Å². The van der Waals surface area contributed by atoms with Gasteiger partial charge in [-0.15, -0.1) is 0 Å². The average Bonchev–Trinajstić information content (AvgIpc) is 3.49. The predicted molar refractivity (Wildman–Crippen MR) is 105 cm³/mol. The number of hydrogen-bond donors (Lipinski definition) is 1. The maximum atomic E-state index is 15.5. The molecule has 1 saturated carbocycles. The third kappa shape index (κ3) is 3.01. The Labute approximate surface area is 166 Å². The lowest BCUT2D eigenvalue weighted by Crippen LogP contribution is -2.61. The number of hydrogen-bond acceptors (Lipinski definition) is 4. The number of piperidine rings is 1. The summed E-state index contributed by atoms with van der Waals surface area (Å²) in [5, 5.41) is 9.11. The molecule has 0 radical (unpaired) electrons. The van der Waals surface area contributed by atoms with Gasteiger partial charge in [0.15, 0.2) is 5.82 Å². The van der Waals surface area contributed by atoms with Crippen LogP contribution in [-0.2, 0) is 0 Å². The summed E-state index contributed by atoms with van der Waals surface area (Å²) in [6.45, 7) is 3.17. The van der Waals surface area contributed by atoms with Crippen molar-refractivity contribution in [2.75, 3.05) is 31.1 Å². The first-order valence-corrected chi connectivity index (χ1v) is 10.2. The van der Waals surface area contributed by atoms with Crippen molar-refractivity contribution in [2.45, 2.75) is 44.2 Å². The molecule has 3 fully saturated rings. The van der Waals surface area contributed by atoms with Gasteiger partial charge < -0.3 is 14.6 Å². The number of aromatic carboxylic acids is 1. The van der Waals surface area contributed by atoms with Crippen molar-refractivity contribution in [3.63, 3.8) is 0 Å². The molecular formula is C21H23F2N3O3. The molecule has 6 nitrogen and oxygen atoms in total. The van der Waals surface area contributed by atoms with Crippen molar-refractivity contribution in [3.8, 4) is 0 Å². The zero-order valence-corrected chi connectivity index (χ0v) is 16.0. The first-order chi connectivity index (χ1) is 14.0. The van der Waals surface area contributed by atoms with Crippen LogP contribution in [0.1, 0.15) is 48.5 Å². The number of halogens is 2. The van der Waals surface area contributed by atoms with Crippen LogP contribution in [0.3, 0.4) is 0 Å². The molecule has 0 spiro atoms. The third-order valence-corrected chi connectivity index (χ3v) is 6.44. The Morgan fingerprint density at radius 3 is 2.38 bits per heavy atom. The van der Waals surface area contributed by atoms with E-state index in [1.807, 2.05) is 0 Å². The Morgan fingerprint density at radius 2 is 1.76 bits per heavy atom. The molecule has 3 aliphatic rings. The van der Waals surface area contributed by atoms with Crippen LogP contribution in [0.4, 0.5) is 14.5 Å². The monoisotopic (exact) mass is 403 g/mol. The predicted octanol–water partition coefficient (Wildman–Crippen LogP) is 2.99. The maximum Gasteiger partial charge on any atom is 0.341 e. The summed E-state index contributed by atoms with van der Waals surface area (Å²) in [6, 6.07) is 1.25. The zero-order valence-electron chi connectivity index (χ0n) is 16.0. The fourth-order valence-electron chi connectivity index (χ4n) is 4.67. The van der Waals surface area contributed by atoms with Crippen LogP contribution in [0, 0.1) is 11.6 Å². The number of likely N-dealkylation sites (tertiary alicyclic amines) is 1. The van der Waals surface area contributed by atoms with Crippen molar-refractivity contribution >= 4 is 22.6 Å². The Bertz CT molecular complexity index is 1050. The van der Waals surface area contributed by atoms with Gasteiger partial charge >= 0.3 is 5.97 Å². The van der Waals surface area contributed by atoms with E-state index in [2.05, 4.69) is 4.90 Å². The normalized spacial score (nSPS) is 20.8. The summed E-state index contributed by atoms with van der Waals surface area (Å²) < 4.78 is 31.9. The molecule has 0 bridgehead atoms. The van der Waals surface area contributed by atoms with E-state index in [0.29, 0.717) is 19.1 Å². The highest BCUT2D eigenvalue weighted by Crippen LogP contribution is 2.40. The van der Waals surface area contributed by atoms with Crippen LogP contribution in [0.25, 0.3) is 10.9 Å². The van der Waals surface area contributed by atoms with Crippen LogP contribution in [0.5, 0.6) is 0 Å². The van der Waals surface area contributed by atoms with Crippen molar-refractivity contribution in [3.05, 3.63) is 39.7 Å². The van der Waals surface area contributed by atoms with Crippen LogP contribution in [-0.4, -0.2) is 52.8 Å². The molecule has 0 atom stereocenters. The number of rotatable bonds is 4. The van der Waals surface area contributed by atoms with Crippen molar-refractivity contribution < 1.29 is 18.7 Å². The van der Waals surface area contributed by atoms with E-state index in [0.717, 1.165) is 44.8 Å². The Kier molecular flexibility index (Phi) is 4.34. The van der Waals surface area contributed by atoms with Crippen molar-refractivity contribution in [1.29, 1.82) is 0 Å². The molecule has 0 unspecified atom stereocenters. The van der Waals surface area contributed by atoms with E-state index in [9.17, 15) is 19.1 Å². The number of pyridine rings is 1. The highest BCUT2D eigenvalue weighted by Gasteiger charge is 2.37. The summed E-state index contributed by atoms with van der Waals surface area (Å²) in [4.78, 5) is 28.1. The number of carbonyl (C=O) groups is 1. The molecule has 2 aliphatic heterocycles. The van der Waals surface area contributed by atoms with Crippen LogP contribution < -0.4 is 10.3 Å². The molecule has 3 heterocycles. The lowest BCUT2D eigenvalue weighted by Gasteiger charge is -2.48. The van der Waals surface area contributed by atoms with E-state index < -0.39 is 28.6 Å². The minimum atomic E-state index is -1.39. The van der Waals surface area contributed by atoms with Gasteiger partial charge in [-0.25, -0.2) is 13.6 Å². The fourth-order valence-corrected chi connectivity index (χ4v) is 4.67. The van der Waals surface area contributed by atoms with Gasteiger partial charge in [0.2, 0.25) is 5.43 Å². The van der Waals surface area contributed by atoms with E-state index in [-0.39, 0.29) is 22.6 Å². The zero-order chi connectivity index (χ0) is 20.3. The number of anilines is 1. The van der Waals surface area contributed by atoms with E-state index in [1.54, 1.807) is 4.90 Å². The minimum absolute atomic E-state index is 0.0142. The van der Waals surface area contributed by atoms with Gasteiger partial charge in [0.05, 0.1) is 10.9 Å². The largest absolute Gasteiger partial charge is 0.477 e. The second-order valence-electron chi connectivity index (χ2n) is 8.39. The molecule has 2 saturated heterocycles. The van der Waals surface area contributed by atoms with E-state index in [1.165, 1.54) is 17.2 Å². The molecule has 8 heteroatoms. The summed E-state index contributed by atoms with van der Waals surface area (Å²) in [5.74, 6) is -2.96. The molecule has 5 rings (SSSR count). The van der Waals surface area contributed by atoms with Gasteiger partial charge in [-0.3, -0.25) is 9.69 Å². The topological polar surface area (TPSA) is 65.8 Å². The minimum Gasteiger partial charge on any atom is -0.477 e. The Balaban J connectivity index is 1.56. The molecule has 1 N–H and O–H groups in total. The first kappa shape index (κ1) is 18.5. The summed E-state index contributed by atoms with van der Waals surface area (Å²) in [7, 11) is 0. The highest BCUT2D eigenvalue weighted by molar-refractivity contribution is 5.94. The standard InChI is InChI=1S/C21H23F2N3O3/c22-16-8-14-18(26(12-4-5-12)11-15(20(14)27)21(28)29)17(23)19(16)25-9-13(10-25)24-6-2-1-3-7-24/h8,11-13H,1-7,9-10H2,(H,28,29). The summed E-state index contributed by atoms with van der Waals surface area (Å²) >= 11 is 0. The van der Waals surface area contributed by atoms with Gasteiger partial charge in [-0.1, -0.05) is 6.42 Å². The number of carboxylic acid groups (broad SMARTS) is 1.